The third-order valence-electron chi connectivity index (χ3n) is 4.11. The molecule has 1 N–H and O–H groups in total. The van der Waals surface area contributed by atoms with Gasteiger partial charge in [-0.2, -0.15) is 0 Å². The molecule has 132 valence electrons. The van der Waals surface area contributed by atoms with Gasteiger partial charge in [0.2, 0.25) is 0 Å². The third kappa shape index (κ3) is 4.18. The second kappa shape index (κ2) is 8.14. The molecule has 0 fully saturated rings. The summed E-state index contributed by atoms with van der Waals surface area (Å²) in [7, 11) is 1.72. The largest absolute Gasteiger partial charge is 0.457 e. The van der Waals surface area contributed by atoms with Crippen LogP contribution in [0.3, 0.4) is 0 Å². The van der Waals surface area contributed by atoms with Crippen LogP contribution in [0.15, 0.2) is 42.5 Å². The van der Waals surface area contributed by atoms with Gasteiger partial charge in [0, 0.05) is 19.7 Å². The molecule has 25 heavy (non-hydrogen) atoms. The van der Waals surface area contributed by atoms with Crippen LogP contribution in [0.25, 0.3) is 11.0 Å². The zero-order chi connectivity index (χ0) is 17.6. The van der Waals surface area contributed by atoms with Crippen molar-refractivity contribution in [3.63, 3.8) is 0 Å². The molecule has 0 bridgehead atoms. The Morgan fingerprint density at radius 1 is 1.08 bits per heavy atom. The molecular formula is C20H25N3O2. The Kier molecular flexibility index (Phi) is 5.68. The Bertz CT molecular complexity index is 825. The molecule has 0 saturated carbocycles. The van der Waals surface area contributed by atoms with E-state index < -0.39 is 0 Å². The fraction of sp³-hybridized carbons (Fsp3) is 0.350. The lowest BCUT2D eigenvalue weighted by molar-refractivity contribution is 0.187. The van der Waals surface area contributed by atoms with Gasteiger partial charge in [-0.1, -0.05) is 24.6 Å². The lowest BCUT2D eigenvalue weighted by Gasteiger charge is -2.10. The van der Waals surface area contributed by atoms with E-state index in [4.69, 9.17) is 14.5 Å². The SMILES string of the molecule is CCNCc1nc2ccc(Oc3ccc(C)cc3)cc2n1CCOC. The predicted molar refractivity (Wildman–Crippen MR) is 100 cm³/mol. The molecule has 5 heteroatoms. The summed E-state index contributed by atoms with van der Waals surface area (Å²) in [6.07, 6.45) is 0. The Hall–Kier alpha value is -2.37. The minimum Gasteiger partial charge on any atom is -0.457 e. The number of methoxy groups -OCH3 is 1. The molecule has 3 aromatic rings. The summed E-state index contributed by atoms with van der Waals surface area (Å²) in [4.78, 5) is 4.75. The summed E-state index contributed by atoms with van der Waals surface area (Å²) in [6, 6.07) is 14.1. The quantitative estimate of drug-likeness (QED) is 0.676. The minimum absolute atomic E-state index is 0.646. The fourth-order valence-electron chi connectivity index (χ4n) is 2.76. The van der Waals surface area contributed by atoms with E-state index in [1.54, 1.807) is 7.11 Å². The third-order valence-corrected chi connectivity index (χ3v) is 4.11. The van der Waals surface area contributed by atoms with Crippen LogP contribution in [0.4, 0.5) is 0 Å². The Morgan fingerprint density at radius 3 is 2.56 bits per heavy atom. The minimum atomic E-state index is 0.646. The molecule has 1 heterocycles. The van der Waals surface area contributed by atoms with E-state index in [-0.39, 0.29) is 0 Å². The summed E-state index contributed by atoms with van der Waals surface area (Å²) in [5, 5.41) is 3.35. The maximum absolute atomic E-state index is 6.00. The lowest BCUT2D eigenvalue weighted by Crippen LogP contribution is -2.17. The molecule has 0 saturated heterocycles. The molecule has 2 aromatic carbocycles. The number of aryl methyl sites for hydroxylation is 1. The van der Waals surface area contributed by atoms with Crippen molar-refractivity contribution in [2.75, 3.05) is 20.3 Å². The van der Waals surface area contributed by atoms with Crippen molar-refractivity contribution in [2.45, 2.75) is 26.9 Å². The van der Waals surface area contributed by atoms with Crippen molar-refractivity contribution in [3.05, 3.63) is 53.9 Å². The number of rotatable bonds is 8. The molecule has 0 atom stereocenters. The van der Waals surface area contributed by atoms with E-state index >= 15 is 0 Å². The van der Waals surface area contributed by atoms with Crippen molar-refractivity contribution in [3.8, 4) is 11.5 Å². The second-order valence-electron chi connectivity index (χ2n) is 6.02. The standard InChI is InChI=1S/C20H25N3O2/c1-4-21-14-20-22-18-10-9-17(13-19(18)23(20)11-12-24-3)25-16-7-5-15(2)6-8-16/h5-10,13,21H,4,11-12,14H2,1-3H3. The van der Waals surface area contributed by atoms with Crippen molar-refractivity contribution < 1.29 is 9.47 Å². The number of nitrogens with one attached hydrogen (secondary N) is 1. The van der Waals surface area contributed by atoms with Gasteiger partial charge in [0.15, 0.2) is 0 Å². The van der Waals surface area contributed by atoms with Crippen LogP contribution in [0.1, 0.15) is 18.3 Å². The fourth-order valence-corrected chi connectivity index (χ4v) is 2.76. The van der Waals surface area contributed by atoms with Crippen molar-refractivity contribution >= 4 is 11.0 Å². The van der Waals surface area contributed by atoms with Gasteiger partial charge in [-0.3, -0.25) is 0 Å². The highest BCUT2D eigenvalue weighted by molar-refractivity contribution is 5.78. The van der Waals surface area contributed by atoms with Crippen molar-refractivity contribution in [1.82, 2.24) is 14.9 Å². The topological polar surface area (TPSA) is 48.3 Å². The van der Waals surface area contributed by atoms with Gasteiger partial charge < -0.3 is 19.4 Å². The first kappa shape index (κ1) is 17.5. The zero-order valence-electron chi connectivity index (χ0n) is 15.1. The van der Waals surface area contributed by atoms with Gasteiger partial charge >= 0.3 is 0 Å². The maximum atomic E-state index is 6.00. The molecule has 1 aromatic heterocycles. The highest BCUT2D eigenvalue weighted by atomic mass is 16.5. The smallest absolute Gasteiger partial charge is 0.129 e. The molecule has 0 unspecified atom stereocenters. The number of aromatic nitrogens is 2. The first-order chi connectivity index (χ1) is 12.2. The maximum Gasteiger partial charge on any atom is 0.129 e. The van der Waals surface area contributed by atoms with Crippen LogP contribution in [0, 0.1) is 6.92 Å². The normalized spacial score (nSPS) is 11.2. The first-order valence-corrected chi connectivity index (χ1v) is 8.64. The van der Waals surface area contributed by atoms with E-state index in [2.05, 4.69) is 23.7 Å². The Balaban J connectivity index is 1.92. The molecule has 0 aliphatic rings. The lowest BCUT2D eigenvalue weighted by atomic mass is 10.2. The molecule has 5 nitrogen and oxygen atoms in total. The average Bonchev–Trinajstić information content (AvgIpc) is 2.97. The summed E-state index contributed by atoms with van der Waals surface area (Å²) in [5.74, 6) is 2.66. The highest BCUT2D eigenvalue weighted by Crippen LogP contribution is 2.26. The van der Waals surface area contributed by atoms with Gasteiger partial charge in [0.25, 0.3) is 0 Å². The number of hydrogen-bond donors (Lipinski definition) is 1. The monoisotopic (exact) mass is 339 g/mol. The number of ether oxygens (including phenoxy) is 2. The van der Waals surface area contributed by atoms with Gasteiger partial charge in [0.1, 0.15) is 17.3 Å². The average molecular weight is 339 g/mol. The van der Waals surface area contributed by atoms with Gasteiger partial charge in [-0.15, -0.1) is 0 Å². The number of imidazole rings is 1. The molecule has 0 spiro atoms. The van der Waals surface area contributed by atoms with Crippen LogP contribution in [-0.4, -0.2) is 29.8 Å². The Labute approximate surface area is 148 Å². The van der Waals surface area contributed by atoms with Gasteiger partial charge in [0.05, 0.1) is 24.2 Å². The number of nitrogens with zero attached hydrogens (tertiary/aromatic N) is 2. The number of fused-ring (bicyclic) bond motifs is 1. The summed E-state index contributed by atoms with van der Waals surface area (Å²) >= 11 is 0. The van der Waals surface area contributed by atoms with Crippen molar-refractivity contribution in [1.29, 1.82) is 0 Å². The summed E-state index contributed by atoms with van der Waals surface area (Å²) in [5.41, 5.74) is 3.25. The van der Waals surface area contributed by atoms with Gasteiger partial charge in [-0.25, -0.2) is 4.98 Å². The summed E-state index contributed by atoms with van der Waals surface area (Å²) in [6.45, 7) is 7.22. The second-order valence-corrected chi connectivity index (χ2v) is 6.02. The van der Waals surface area contributed by atoms with E-state index in [1.165, 1.54) is 5.56 Å². The Morgan fingerprint density at radius 2 is 1.84 bits per heavy atom. The van der Waals surface area contributed by atoms with Crippen LogP contribution in [0.2, 0.25) is 0 Å². The van der Waals surface area contributed by atoms with Crippen LogP contribution < -0.4 is 10.1 Å². The molecule has 0 radical (unpaired) electrons. The molecule has 3 rings (SSSR count). The number of benzene rings is 2. The molecule has 0 aliphatic carbocycles. The van der Waals surface area contributed by atoms with E-state index in [1.807, 2.05) is 42.5 Å². The van der Waals surface area contributed by atoms with Crippen LogP contribution >= 0.6 is 0 Å². The number of hydrogen-bond acceptors (Lipinski definition) is 4. The summed E-state index contributed by atoms with van der Waals surface area (Å²) < 4.78 is 13.5. The van der Waals surface area contributed by atoms with Crippen LogP contribution in [-0.2, 0) is 17.8 Å². The van der Waals surface area contributed by atoms with Crippen LogP contribution in [0.5, 0.6) is 11.5 Å². The zero-order valence-corrected chi connectivity index (χ0v) is 15.1. The van der Waals surface area contributed by atoms with Crippen molar-refractivity contribution in [2.24, 2.45) is 0 Å². The highest BCUT2D eigenvalue weighted by Gasteiger charge is 2.11. The van der Waals surface area contributed by atoms with E-state index in [0.29, 0.717) is 6.61 Å². The van der Waals surface area contributed by atoms with Gasteiger partial charge in [-0.05, 0) is 37.7 Å². The first-order valence-electron chi connectivity index (χ1n) is 8.64. The molecule has 0 aliphatic heterocycles. The van der Waals surface area contributed by atoms with E-state index in [0.717, 1.165) is 48.0 Å². The molecular weight excluding hydrogens is 314 g/mol. The van der Waals surface area contributed by atoms with E-state index in [9.17, 15) is 0 Å². The molecule has 0 amide bonds. The predicted octanol–water partition coefficient (Wildman–Crippen LogP) is 3.89.